The van der Waals surface area contributed by atoms with Gasteiger partial charge >= 0.3 is 0 Å². The first kappa shape index (κ1) is 19.9. The van der Waals surface area contributed by atoms with E-state index in [1.807, 2.05) is 64.0 Å². The zero-order chi connectivity index (χ0) is 20.8. The molecule has 4 rings (SSSR count). The number of thiophene rings is 1. The number of hydrogen-bond acceptors (Lipinski definition) is 4. The van der Waals surface area contributed by atoms with Crippen LogP contribution in [0.3, 0.4) is 0 Å². The molecule has 0 aliphatic heterocycles. The first-order chi connectivity index (χ1) is 14.7. The predicted molar refractivity (Wildman–Crippen MR) is 120 cm³/mol. The van der Waals surface area contributed by atoms with Gasteiger partial charge in [-0.15, -0.1) is 0 Å². The predicted octanol–water partition coefficient (Wildman–Crippen LogP) is 4.86. The molecule has 30 heavy (non-hydrogen) atoms. The molecule has 2 heterocycles. The van der Waals surface area contributed by atoms with Crippen LogP contribution < -0.4 is 10.1 Å². The van der Waals surface area contributed by atoms with Crippen molar-refractivity contribution < 1.29 is 9.53 Å². The van der Waals surface area contributed by atoms with Gasteiger partial charge in [-0.1, -0.05) is 30.3 Å². The first-order valence-electron chi connectivity index (χ1n) is 9.79. The molecule has 0 spiro atoms. The molecule has 4 aromatic rings. The molecular formula is C24H23N3O2S. The van der Waals surface area contributed by atoms with Gasteiger partial charge in [0, 0.05) is 24.9 Å². The van der Waals surface area contributed by atoms with E-state index in [2.05, 4.69) is 23.5 Å². The van der Waals surface area contributed by atoms with Crippen LogP contribution >= 0.6 is 11.3 Å². The van der Waals surface area contributed by atoms with Crippen LogP contribution in [0.4, 0.5) is 0 Å². The summed E-state index contributed by atoms with van der Waals surface area (Å²) in [5.41, 5.74) is 5.03. The van der Waals surface area contributed by atoms with Gasteiger partial charge in [-0.25, -0.2) is 4.68 Å². The Morgan fingerprint density at radius 2 is 1.90 bits per heavy atom. The number of hydrogen-bond donors (Lipinski definition) is 1. The fraction of sp³-hybridized carbons (Fsp3) is 0.167. The van der Waals surface area contributed by atoms with E-state index < -0.39 is 0 Å². The van der Waals surface area contributed by atoms with Crippen molar-refractivity contribution in [3.05, 3.63) is 88.7 Å². The van der Waals surface area contributed by atoms with E-state index in [1.165, 1.54) is 0 Å². The summed E-state index contributed by atoms with van der Waals surface area (Å²) in [6.45, 7) is 0.567. The van der Waals surface area contributed by atoms with Gasteiger partial charge in [0.05, 0.1) is 24.2 Å². The van der Waals surface area contributed by atoms with Crippen molar-refractivity contribution in [2.75, 3.05) is 7.11 Å². The molecule has 1 N–H and O–H groups in total. The van der Waals surface area contributed by atoms with Gasteiger partial charge in [0.15, 0.2) is 0 Å². The molecule has 0 aliphatic rings. The quantitative estimate of drug-likeness (QED) is 0.445. The van der Waals surface area contributed by atoms with Crippen molar-refractivity contribution in [2.24, 2.45) is 0 Å². The van der Waals surface area contributed by atoms with Crippen LogP contribution in [0.25, 0.3) is 16.9 Å². The third-order valence-corrected chi connectivity index (χ3v) is 5.56. The van der Waals surface area contributed by atoms with E-state index in [4.69, 9.17) is 9.84 Å². The SMILES string of the molecule is COc1ccc(-n2nc(CCC(=O)NCc3ccsc3)cc2-c2ccccc2)cc1. The number of carbonyl (C=O) groups excluding carboxylic acids is 1. The molecule has 5 nitrogen and oxygen atoms in total. The normalized spacial score (nSPS) is 10.7. The lowest BCUT2D eigenvalue weighted by Crippen LogP contribution is -2.22. The summed E-state index contributed by atoms with van der Waals surface area (Å²) in [6, 6.07) is 22.0. The van der Waals surface area contributed by atoms with E-state index in [-0.39, 0.29) is 5.91 Å². The molecule has 0 aliphatic carbocycles. The van der Waals surface area contributed by atoms with E-state index in [1.54, 1.807) is 18.4 Å². The number of rotatable bonds is 8. The maximum absolute atomic E-state index is 12.3. The highest BCUT2D eigenvalue weighted by Gasteiger charge is 2.13. The summed E-state index contributed by atoms with van der Waals surface area (Å²) in [6.07, 6.45) is 0.983. The molecule has 1 amide bonds. The van der Waals surface area contributed by atoms with Crippen LogP contribution in [0, 0.1) is 0 Å². The molecule has 0 atom stereocenters. The second kappa shape index (κ2) is 9.41. The number of amides is 1. The zero-order valence-corrected chi connectivity index (χ0v) is 17.6. The molecule has 0 saturated carbocycles. The number of aromatic nitrogens is 2. The van der Waals surface area contributed by atoms with Crippen molar-refractivity contribution in [2.45, 2.75) is 19.4 Å². The lowest BCUT2D eigenvalue weighted by Gasteiger charge is -2.08. The minimum Gasteiger partial charge on any atom is -0.497 e. The topological polar surface area (TPSA) is 56.2 Å². The summed E-state index contributed by atoms with van der Waals surface area (Å²) in [5, 5.41) is 11.8. The summed E-state index contributed by atoms with van der Waals surface area (Å²) in [5.74, 6) is 0.830. The molecule has 2 aromatic carbocycles. The molecule has 152 valence electrons. The highest BCUT2D eigenvalue weighted by Crippen LogP contribution is 2.25. The van der Waals surface area contributed by atoms with Crippen LogP contribution in [-0.4, -0.2) is 22.8 Å². The van der Waals surface area contributed by atoms with Gasteiger partial charge < -0.3 is 10.1 Å². The second-order valence-corrected chi connectivity index (χ2v) is 7.69. The maximum Gasteiger partial charge on any atom is 0.220 e. The van der Waals surface area contributed by atoms with Gasteiger partial charge in [0.25, 0.3) is 0 Å². The van der Waals surface area contributed by atoms with Crippen molar-refractivity contribution in [1.29, 1.82) is 0 Å². The summed E-state index contributed by atoms with van der Waals surface area (Å²) >= 11 is 1.63. The van der Waals surface area contributed by atoms with Gasteiger partial charge in [-0.05, 0) is 52.7 Å². The zero-order valence-electron chi connectivity index (χ0n) is 16.7. The molecule has 2 aromatic heterocycles. The smallest absolute Gasteiger partial charge is 0.220 e. The Hall–Kier alpha value is -3.38. The molecular weight excluding hydrogens is 394 g/mol. The lowest BCUT2D eigenvalue weighted by atomic mass is 10.1. The highest BCUT2D eigenvalue weighted by molar-refractivity contribution is 7.07. The Morgan fingerprint density at radius 3 is 2.60 bits per heavy atom. The second-order valence-electron chi connectivity index (χ2n) is 6.91. The number of carbonyl (C=O) groups is 1. The Morgan fingerprint density at radius 1 is 1.10 bits per heavy atom. The number of nitrogens with one attached hydrogen (secondary N) is 1. The van der Waals surface area contributed by atoms with Crippen molar-refractivity contribution in [3.8, 4) is 22.7 Å². The monoisotopic (exact) mass is 417 g/mol. The standard InChI is InChI=1S/C24H23N3O2S/c1-29-22-10-8-21(9-11-22)27-23(19-5-3-2-4-6-19)15-20(26-27)7-12-24(28)25-16-18-13-14-30-17-18/h2-6,8-11,13-15,17H,7,12,16H2,1H3,(H,25,28). The van der Waals surface area contributed by atoms with E-state index in [0.717, 1.165) is 34.0 Å². The first-order valence-corrected chi connectivity index (χ1v) is 10.7. The van der Waals surface area contributed by atoms with Crippen molar-refractivity contribution >= 4 is 17.2 Å². The average molecular weight is 418 g/mol. The number of ether oxygens (including phenoxy) is 1. The van der Waals surface area contributed by atoms with Crippen LogP contribution in [0.15, 0.2) is 77.5 Å². The highest BCUT2D eigenvalue weighted by atomic mass is 32.1. The molecule has 0 unspecified atom stereocenters. The Balaban J connectivity index is 1.52. The summed E-state index contributed by atoms with van der Waals surface area (Å²) < 4.78 is 7.19. The Bertz CT molecular complexity index is 1090. The van der Waals surface area contributed by atoms with Crippen molar-refractivity contribution in [1.82, 2.24) is 15.1 Å². The molecule has 0 radical (unpaired) electrons. The minimum absolute atomic E-state index is 0.0291. The fourth-order valence-corrected chi connectivity index (χ4v) is 3.88. The van der Waals surface area contributed by atoms with Gasteiger partial charge in [-0.3, -0.25) is 4.79 Å². The Kier molecular flexibility index (Phi) is 6.25. The largest absolute Gasteiger partial charge is 0.497 e. The average Bonchev–Trinajstić information content (AvgIpc) is 3.47. The molecule has 6 heteroatoms. The number of benzene rings is 2. The van der Waals surface area contributed by atoms with E-state index in [0.29, 0.717) is 19.4 Å². The number of nitrogens with zero attached hydrogens (tertiary/aromatic N) is 2. The van der Waals surface area contributed by atoms with E-state index in [9.17, 15) is 4.79 Å². The maximum atomic E-state index is 12.3. The van der Waals surface area contributed by atoms with Crippen LogP contribution in [0.5, 0.6) is 5.75 Å². The third kappa shape index (κ3) is 4.78. The number of aryl methyl sites for hydroxylation is 1. The fourth-order valence-electron chi connectivity index (χ4n) is 3.21. The summed E-state index contributed by atoms with van der Waals surface area (Å²) in [7, 11) is 1.65. The molecule has 0 saturated heterocycles. The van der Waals surface area contributed by atoms with Crippen LogP contribution in [0.2, 0.25) is 0 Å². The van der Waals surface area contributed by atoms with Gasteiger partial charge in [0.1, 0.15) is 5.75 Å². The minimum atomic E-state index is 0.0291. The van der Waals surface area contributed by atoms with Crippen molar-refractivity contribution in [3.63, 3.8) is 0 Å². The molecule has 0 bridgehead atoms. The summed E-state index contributed by atoms with van der Waals surface area (Å²) in [4.78, 5) is 12.3. The molecule has 0 fully saturated rings. The van der Waals surface area contributed by atoms with Gasteiger partial charge in [-0.2, -0.15) is 16.4 Å². The van der Waals surface area contributed by atoms with Gasteiger partial charge in [0.2, 0.25) is 5.91 Å². The van der Waals surface area contributed by atoms with Crippen LogP contribution in [-0.2, 0) is 17.8 Å². The number of methoxy groups -OCH3 is 1. The lowest BCUT2D eigenvalue weighted by molar-refractivity contribution is -0.121. The van der Waals surface area contributed by atoms with E-state index >= 15 is 0 Å². The Labute approximate surface area is 179 Å². The third-order valence-electron chi connectivity index (χ3n) is 4.82. The van der Waals surface area contributed by atoms with Crippen LogP contribution in [0.1, 0.15) is 17.7 Å².